The number of aromatic hydroxyl groups is 1. The molecule has 1 fully saturated rings. The van der Waals surface area contributed by atoms with E-state index in [-0.39, 0.29) is 17.7 Å². The van der Waals surface area contributed by atoms with Gasteiger partial charge in [-0.2, -0.15) is 18.3 Å². The van der Waals surface area contributed by atoms with E-state index in [0.29, 0.717) is 30.4 Å². The molecule has 5 rings (SSSR count). The Bertz CT molecular complexity index is 1170. The highest BCUT2D eigenvalue weighted by molar-refractivity contribution is 6.22. The van der Waals surface area contributed by atoms with Crippen molar-refractivity contribution in [1.82, 2.24) is 15.2 Å². The van der Waals surface area contributed by atoms with Crippen molar-refractivity contribution in [1.29, 1.82) is 0 Å². The molecule has 0 bridgehead atoms. The number of para-hydroxylation sites is 1. The number of piperidine rings is 1. The van der Waals surface area contributed by atoms with Crippen LogP contribution in [0.3, 0.4) is 0 Å². The van der Waals surface area contributed by atoms with Gasteiger partial charge in [-0.15, -0.1) is 0 Å². The number of nitrogens with zero attached hydrogens (tertiary/aromatic N) is 4. The number of hydrazone groups is 1. The topological polar surface area (TPSA) is 63.5 Å². The Morgan fingerprint density at radius 2 is 1.81 bits per heavy atom. The molecule has 2 unspecified atom stereocenters. The summed E-state index contributed by atoms with van der Waals surface area (Å²) >= 11 is 0. The first-order valence-electron chi connectivity index (χ1n) is 12.1. The predicted molar refractivity (Wildman–Crippen MR) is 135 cm³/mol. The van der Waals surface area contributed by atoms with Crippen molar-refractivity contribution in [2.24, 2.45) is 16.0 Å². The molecule has 2 aromatic rings. The van der Waals surface area contributed by atoms with Crippen molar-refractivity contribution < 1.29 is 18.3 Å². The number of hydrogen-bond acceptors (Lipinski definition) is 5. The number of nitrogens with one attached hydrogen (secondary N) is 1. The monoisotopic (exact) mass is 493 g/mol. The third kappa shape index (κ3) is 5.28. The van der Waals surface area contributed by atoms with Crippen molar-refractivity contribution >= 4 is 25.6 Å². The second kappa shape index (κ2) is 10.0. The van der Waals surface area contributed by atoms with Crippen LogP contribution in [0.1, 0.15) is 29.5 Å². The smallest absolute Gasteiger partial charge is 0.416 e. The number of halogens is 3. The molecule has 1 saturated heterocycles. The molecule has 0 aromatic heterocycles. The van der Waals surface area contributed by atoms with Crippen molar-refractivity contribution in [2.75, 3.05) is 19.6 Å². The van der Waals surface area contributed by atoms with E-state index in [2.05, 4.69) is 15.3 Å². The summed E-state index contributed by atoms with van der Waals surface area (Å²) in [5, 5.41) is 19.9. The lowest BCUT2D eigenvalue weighted by molar-refractivity contribution is -0.137. The fourth-order valence-corrected chi connectivity index (χ4v) is 4.80. The highest BCUT2D eigenvalue weighted by atomic mass is 19.4. The van der Waals surface area contributed by atoms with Crippen molar-refractivity contribution in [3.05, 3.63) is 71.3 Å². The number of rotatable bonds is 5. The lowest BCUT2D eigenvalue weighted by Crippen LogP contribution is -2.48. The summed E-state index contributed by atoms with van der Waals surface area (Å²) in [4.78, 5) is 7.15. The second-order valence-electron chi connectivity index (χ2n) is 9.46. The number of aliphatic imine (C=N–C) groups is 1. The number of alkyl halides is 3. The molecular weight excluding hydrogens is 466 g/mol. The molecule has 0 amide bonds. The van der Waals surface area contributed by atoms with Crippen molar-refractivity contribution in [3.63, 3.8) is 0 Å². The first kappa shape index (κ1) is 24.4. The van der Waals surface area contributed by atoms with Gasteiger partial charge in [-0.3, -0.25) is 9.89 Å². The minimum Gasteiger partial charge on any atom is -0.507 e. The molecule has 0 saturated carbocycles. The molecule has 3 heterocycles. The summed E-state index contributed by atoms with van der Waals surface area (Å²) in [6.45, 7) is 3.01. The van der Waals surface area contributed by atoms with Crippen molar-refractivity contribution in [3.8, 4) is 5.75 Å². The number of hydrogen-bond donors (Lipinski definition) is 2. The van der Waals surface area contributed by atoms with Gasteiger partial charge in [0.2, 0.25) is 0 Å². The first-order chi connectivity index (χ1) is 17.3. The quantitative estimate of drug-likeness (QED) is 0.612. The zero-order valence-corrected chi connectivity index (χ0v) is 19.7. The summed E-state index contributed by atoms with van der Waals surface area (Å²) < 4.78 is 38.4. The number of amidine groups is 1. The Kier molecular flexibility index (Phi) is 6.79. The molecule has 0 aliphatic carbocycles. The van der Waals surface area contributed by atoms with E-state index in [1.165, 1.54) is 0 Å². The van der Waals surface area contributed by atoms with Crippen LogP contribution in [0.25, 0.3) is 5.70 Å². The summed E-state index contributed by atoms with van der Waals surface area (Å²) in [5.74, 6) is 0.973. The summed E-state index contributed by atoms with van der Waals surface area (Å²) in [6.07, 6.45) is 0.912. The average Bonchev–Trinajstić information content (AvgIpc) is 3.24. The van der Waals surface area contributed by atoms with Gasteiger partial charge in [0.05, 0.1) is 19.1 Å². The van der Waals surface area contributed by atoms with Crippen LogP contribution in [-0.4, -0.2) is 60.7 Å². The number of benzene rings is 2. The van der Waals surface area contributed by atoms with E-state index in [0.717, 1.165) is 49.3 Å². The Balaban J connectivity index is 1.21. The van der Waals surface area contributed by atoms with Crippen LogP contribution in [0.2, 0.25) is 5.82 Å². The van der Waals surface area contributed by atoms with E-state index in [4.69, 9.17) is 12.8 Å². The van der Waals surface area contributed by atoms with E-state index in [1.54, 1.807) is 35.5 Å². The van der Waals surface area contributed by atoms with Gasteiger partial charge in [0.25, 0.3) is 0 Å². The molecule has 3 aliphatic rings. The summed E-state index contributed by atoms with van der Waals surface area (Å²) in [5.41, 5.74) is 1.70. The summed E-state index contributed by atoms with van der Waals surface area (Å²) in [7, 11) is 6.22. The molecule has 6 nitrogen and oxygen atoms in total. The minimum absolute atomic E-state index is 0.178. The number of phenolic OH excluding ortho intramolecular Hbond substituents is 1. The van der Waals surface area contributed by atoms with Gasteiger partial charge >= 0.3 is 6.18 Å². The maximum Gasteiger partial charge on any atom is 0.416 e. The molecular formula is C26H27BF3N5O. The molecule has 186 valence electrons. The minimum atomic E-state index is -4.31. The van der Waals surface area contributed by atoms with Gasteiger partial charge in [0, 0.05) is 30.9 Å². The first-order valence-corrected chi connectivity index (χ1v) is 12.1. The number of fused-ring (bicyclic) bond motifs is 1. The Labute approximate surface area is 209 Å². The van der Waals surface area contributed by atoms with Crippen LogP contribution < -0.4 is 5.32 Å². The number of phenols is 1. The van der Waals surface area contributed by atoms with E-state index < -0.39 is 11.7 Å². The Morgan fingerprint density at radius 3 is 2.50 bits per heavy atom. The number of likely N-dealkylation sites (tertiary alicyclic amines) is 1. The lowest BCUT2D eigenvalue weighted by Gasteiger charge is -2.34. The molecule has 3 aliphatic heterocycles. The lowest BCUT2D eigenvalue weighted by atomic mass is 9.85. The Morgan fingerprint density at radius 1 is 1.08 bits per heavy atom. The molecule has 2 atom stereocenters. The molecule has 2 radical (unpaired) electrons. The standard InChI is InChI=1S/C26H27BF3N5O/c27-21-15-32-35-24(13-22(33-25(21)35)20-3-1-2-4-23(20)36)31-14-17-9-11-34(12-10-17)16-18-5-7-19(8-6-18)26(28,29)30/h1-8,13,15,17,21,25,33,36H,9-12,14,16H2. The zero-order chi connectivity index (χ0) is 25.3. The molecule has 36 heavy (non-hydrogen) atoms. The van der Waals surface area contributed by atoms with Gasteiger partial charge in [-0.05, 0) is 67.5 Å². The van der Waals surface area contributed by atoms with Crippen LogP contribution in [0.4, 0.5) is 13.2 Å². The SMILES string of the molecule is [B]C1C=NN2C(=NCC3CCN(Cc4ccc(C(F)(F)F)cc4)CC3)C=C(c3ccccc3O)NC12. The van der Waals surface area contributed by atoms with E-state index in [9.17, 15) is 18.3 Å². The molecule has 2 aromatic carbocycles. The zero-order valence-electron chi connectivity index (χ0n) is 19.7. The van der Waals surface area contributed by atoms with Crippen LogP contribution in [0.15, 0.2) is 64.7 Å². The third-order valence-corrected chi connectivity index (χ3v) is 6.90. The normalized spacial score (nSPS) is 24.0. The van der Waals surface area contributed by atoms with Gasteiger partial charge in [0.1, 0.15) is 17.8 Å². The fourth-order valence-electron chi connectivity index (χ4n) is 4.80. The van der Waals surface area contributed by atoms with Crippen molar-refractivity contribution in [2.45, 2.75) is 37.5 Å². The maximum absolute atomic E-state index is 12.8. The van der Waals surface area contributed by atoms with Crippen LogP contribution in [0, 0.1) is 5.92 Å². The van der Waals surface area contributed by atoms with Gasteiger partial charge in [-0.25, -0.2) is 5.01 Å². The van der Waals surface area contributed by atoms with Gasteiger partial charge in [0.15, 0.2) is 0 Å². The highest BCUT2D eigenvalue weighted by Gasteiger charge is 2.35. The molecule has 0 spiro atoms. The Hall–Kier alpha value is -3.27. The second-order valence-corrected chi connectivity index (χ2v) is 9.46. The van der Waals surface area contributed by atoms with Crippen LogP contribution in [0.5, 0.6) is 5.75 Å². The van der Waals surface area contributed by atoms with Crippen LogP contribution >= 0.6 is 0 Å². The van der Waals surface area contributed by atoms with Gasteiger partial charge in [-0.1, -0.05) is 24.3 Å². The molecule has 2 N–H and O–H groups in total. The van der Waals surface area contributed by atoms with E-state index in [1.807, 2.05) is 18.2 Å². The highest BCUT2D eigenvalue weighted by Crippen LogP contribution is 2.32. The average molecular weight is 493 g/mol. The third-order valence-electron chi connectivity index (χ3n) is 6.90. The van der Waals surface area contributed by atoms with Gasteiger partial charge < -0.3 is 10.4 Å². The van der Waals surface area contributed by atoms with Crippen LogP contribution in [-0.2, 0) is 12.7 Å². The maximum atomic E-state index is 12.8. The molecule has 10 heteroatoms. The fraction of sp³-hybridized carbons (Fsp3) is 0.385. The predicted octanol–water partition coefficient (Wildman–Crippen LogP) is 4.25. The van der Waals surface area contributed by atoms with E-state index >= 15 is 0 Å². The largest absolute Gasteiger partial charge is 0.507 e. The summed E-state index contributed by atoms with van der Waals surface area (Å²) in [6, 6.07) is 12.5.